The highest BCUT2D eigenvalue weighted by Gasteiger charge is 2.18. The van der Waals surface area contributed by atoms with E-state index >= 15 is 0 Å². The minimum absolute atomic E-state index is 0.803. The highest BCUT2D eigenvalue weighted by molar-refractivity contribution is 9.09. The third-order valence-corrected chi connectivity index (χ3v) is 5.74. The normalized spacial score (nSPS) is 20.5. The quantitative estimate of drug-likeness (QED) is 0.659. The van der Waals surface area contributed by atoms with E-state index in [1.54, 1.807) is 5.57 Å². The molecular formula is C19H26BrN. The third-order valence-electron chi connectivity index (χ3n) is 5.09. The molecular weight excluding hydrogens is 322 g/mol. The maximum absolute atomic E-state index is 3.72. The zero-order chi connectivity index (χ0) is 14.7. The fraction of sp³-hybridized carbons (Fsp3) is 0.579. The fourth-order valence-corrected chi connectivity index (χ4v) is 4.47. The number of aryl methyl sites for hydroxylation is 1. The topological polar surface area (TPSA) is 3.24 Å². The molecule has 1 aromatic rings. The van der Waals surface area contributed by atoms with Gasteiger partial charge in [0.2, 0.25) is 0 Å². The van der Waals surface area contributed by atoms with Crippen molar-refractivity contribution in [2.24, 2.45) is 5.92 Å². The summed E-state index contributed by atoms with van der Waals surface area (Å²) in [5, 5.41) is 1.02. The Morgan fingerprint density at radius 3 is 2.81 bits per heavy atom. The molecule has 1 fully saturated rings. The first-order chi connectivity index (χ1) is 10.3. The van der Waals surface area contributed by atoms with Gasteiger partial charge >= 0.3 is 0 Å². The second-order valence-corrected chi connectivity index (χ2v) is 7.16. The van der Waals surface area contributed by atoms with E-state index in [1.165, 1.54) is 68.3 Å². The molecule has 1 aliphatic carbocycles. The van der Waals surface area contributed by atoms with Crippen LogP contribution in [0.1, 0.15) is 49.7 Å². The number of hydrogen-bond donors (Lipinski definition) is 0. The second kappa shape index (κ2) is 7.00. The standard InChI is InChI=1S/C19H26BrN/c1-21-11-5-8-17-12-15(9-10-19(17)21)13-18(14-20)16-6-3-2-4-7-16/h9-10,12-13,16H,2-8,11,14H2,1H3/b18-13-. The Bertz CT molecular complexity index is 514. The molecule has 0 atom stereocenters. The molecule has 1 saturated carbocycles. The average molecular weight is 348 g/mol. The van der Waals surface area contributed by atoms with Gasteiger partial charge in [-0.05, 0) is 54.9 Å². The van der Waals surface area contributed by atoms with Gasteiger partial charge in [0, 0.05) is 24.6 Å². The van der Waals surface area contributed by atoms with Crippen molar-refractivity contribution in [3.8, 4) is 0 Å². The summed E-state index contributed by atoms with van der Waals surface area (Å²) in [4.78, 5) is 2.39. The Labute approximate surface area is 137 Å². The number of hydrogen-bond acceptors (Lipinski definition) is 1. The summed E-state index contributed by atoms with van der Waals surface area (Å²) in [6.07, 6.45) is 12.0. The lowest BCUT2D eigenvalue weighted by Gasteiger charge is -2.28. The first-order valence-electron chi connectivity index (χ1n) is 8.38. The molecule has 1 aromatic carbocycles. The lowest BCUT2D eigenvalue weighted by Crippen LogP contribution is -2.24. The first kappa shape index (κ1) is 15.1. The van der Waals surface area contributed by atoms with Crippen molar-refractivity contribution < 1.29 is 0 Å². The number of alkyl halides is 1. The van der Waals surface area contributed by atoms with Gasteiger partial charge in [-0.25, -0.2) is 0 Å². The number of allylic oxidation sites excluding steroid dienone is 1. The van der Waals surface area contributed by atoms with Crippen molar-refractivity contribution in [2.75, 3.05) is 23.8 Å². The van der Waals surface area contributed by atoms with Crippen molar-refractivity contribution in [1.29, 1.82) is 0 Å². The Morgan fingerprint density at radius 2 is 2.05 bits per heavy atom. The van der Waals surface area contributed by atoms with Gasteiger partial charge in [-0.2, -0.15) is 0 Å². The van der Waals surface area contributed by atoms with E-state index < -0.39 is 0 Å². The van der Waals surface area contributed by atoms with Gasteiger partial charge in [0.15, 0.2) is 0 Å². The van der Waals surface area contributed by atoms with E-state index in [0.717, 1.165) is 11.2 Å². The van der Waals surface area contributed by atoms with Gasteiger partial charge in [0.05, 0.1) is 0 Å². The summed E-state index contributed by atoms with van der Waals surface area (Å²) >= 11 is 3.72. The predicted octanol–water partition coefficient (Wildman–Crippen LogP) is 5.43. The molecule has 0 saturated heterocycles. The number of benzene rings is 1. The van der Waals surface area contributed by atoms with Crippen LogP contribution in [-0.4, -0.2) is 18.9 Å². The van der Waals surface area contributed by atoms with Crippen LogP contribution in [0.5, 0.6) is 0 Å². The molecule has 0 radical (unpaired) electrons. The molecule has 0 bridgehead atoms. The number of rotatable bonds is 3. The number of anilines is 1. The number of fused-ring (bicyclic) bond motifs is 1. The molecule has 0 spiro atoms. The summed E-state index contributed by atoms with van der Waals surface area (Å²) < 4.78 is 0. The van der Waals surface area contributed by atoms with E-state index in [4.69, 9.17) is 0 Å². The third kappa shape index (κ3) is 3.53. The maximum Gasteiger partial charge on any atom is 0.0396 e. The van der Waals surface area contributed by atoms with Crippen molar-refractivity contribution in [3.63, 3.8) is 0 Å². The molecule has 1 aliphatic heterocycles. The monoisotopic (exact) mass is 347 g/mol. The van der Waals surface area contributed by atoms with E-state index in [2.05, 4.69) is 52.2 Å². The molecule has 1 heterocycles. The van der Waals surface area contributed by atoms with Gasteiger partial charge in [0.25, 0.3) is 0 Å². The van der Waals surface area contributed by atoms with Crippen LogP contribution in [0.3, 0.4) is 0 Å². The second-order valence-electron chi connectivity index (χ2n) is 6.60. The summed E-state index contributed by atoms with van der Waals surface area (Å²) in [6, 6.07) is 7.02. The smallest absolute Gasteiger partial charge is 0.0396 e. The van der Waals surface area contributed by atoms with Crippen LogP contribution in [0.4, 0.5) is 5.69 Å². The molecule has 21 heavy (non-hydrogen) atoms. The predicted molar refractivity (Wildman–Crippen MR) is 96.4 cm³/mol. The Hall–Kier alpha value is -0.760. The SMILES string of the molecule is CN1CCCc2cc(/C=C(/CBr)C3CCCCC3)ccc21. The molecule has 1 nitrogen and oxygen atoms in total. The van der Waals surface area contributed by atoms with Gasteiger partial charge in [-0.1, -0.05) is 52.9 Å². The van der Waals surface area contributed by atoms with Crippen LogP contribution in [0.15, 0.2) is 23.8 Å². The summed E-state index contributed by atoms with van der Waals surface area (Å²) in [5.74, 6) is 0.803. The van der Waals surface area contributed by atoms with Crippen molar-refractivity contribution in [2.45, 2.75) is 44.9 Å². The fourth-order valence-electron chi connectivity index (χ4n) is 3.85. The van der Waals surface area contributed by atoms with Crippen LogP contribution in [-0.2, 0) is 6.42 Å². The zero-order valence-corrected chi connectivity index (χ0v) is 14.7. The van der Waals surface area contributed by atoms with E-state index in [-0.39, 0.29) is 0 Å². The molecule has 0 amide bonds. The Balaban J connectivity index is 1.83. The van der Waals surface area contributed by atoms with Crippen molar-refractivity contribution in [3.05, 3.63) is 34.9 Å². The van der Waals surface area contributed by atoms with E-state index in [0.29, 0.717) is 0 Å². The molecule has 2 heteroatoms. The van der Waals surface area contributed by atoms with Gasteiger partial charge in [-0.15, -0.1) is 0 Å². The molecule has 3 rings (SSSR count). The molecule has 0 N–H and O–H groups in total. The van der Waals surface area contributed by atoms with Crippen LogP contribution < -0.4 is 4.90 Å². The molecule has 0 unspecified atom stereocenters. The van der Waals surface area contributed by atoms with Gasteiger partial charge in [0.1, 0.15) is 0 Å². The summed E-state index contributed by atoms with van der Waals surface area (Å²) in [6.45, 7) is 1.19. The lowest BCUT2D eigenvalue weighted by molar-refractivity contribution is 0.405. The molecule has 0 aromatic heterocycles. The van der Waals surface area contributed by atoms with Crippen molar-refractivity contribution in [1.82, 2.24) is 0 Å². The summed E-state index contributed by atoms with van der Waals surface area (Å²) in [7, 11) is 2.21. The van der Waals surface area contributed by atoms with Crippen molar-refractivity contribution >= 4 is 27.7 Å². The first-order valence-corrected chi connectivity index (χ1v) is 9.50. The zero-order valence-electron chi connectivity index (χ0n) is 13.1. The number of halogens is 1. The maximum atomic E-state index is 3.72. The lowest BCUT2D eigenvalue weighted by atomic mass is 9.83. The number of nitrogens with zero attached hydrogens (tertiary/aromatic N) is 1. The Kier molecular flexibility index (Phi) is 5.05. The Morgan fingerprint density at radius 1 is 1.24 bits per heavy atom. The van der Waals surface area contributed by atoms with Crippen LogP contribution >= 0.6 is 15.9 Å². The molecule has 114 valence electrons. The highest BCUT2D eigenvalue weighted by atomic mass is 79.9. The van der Waals surface area contributed by atoms with E-state index in [1.807, 2.05) is 0 Å². The molecule has 2 aliphatic rings. The summed E-state index contributed by atoms with van der Waals surface area (Å²) in [5.41, 5.74) is 5.94. The van der Waals surface area contributed by atoms with Crippen LogP contribution in [0.25, 0.3) is 6.08 Å². The highest BCUT2D eigenvalue weighted by Crippen LogP contribution is 2.33. The van der Waals surface area contributed by atoms with Crippen LogP contribution in [0.2, 0.25) is 0 Å². The largest absolute Gasteiger partial charge is 0.374 e. The van der Waals surface area contributed by atoms with Crippen LogP contribution in [0, 0.1) is 5.92 Å². The van der Waals surface area contributed by atoms with E-state index in [9.17, 15) is 0 Å². The van der Waals surface area contributed by atoms with Gasteiger partial charge in [-0.3, -0.25) is 0 Å². The van der Waals surface area contributed by atoms with Gasteiger partial charge < -0.3 is 4.90 Å². The average Bonchev–Trinajstić information content (AvgIpc) is 2.53. The minimum atomic E-state index is 0.803. The minimum Gasteiger partial charge on any atom is -0.374 e.